The van der Waals surface area contributed by atoms with Crippen LogP contribution < -0.4 is 10.6 Å². The summed E-state index contributed by atoms with van der Waals surface area (Å²) in [6.45, 7) is 5.86. The van der Waals surface area contributed by atoms with Crippen molar-refractivity contribution in [2.24, 2.45) is 0 Å². The Hall–Kier alpha value is -2.38. The van der Waals surface area contributed by atoms with E-state index < -0.39 is 0 Å². The van der Waals surface area contributed by atoms with E-state index in [2.05, 4.69) is 32.9 Å². The number of hydrogen-bond donors (Lipinski definition) is 2. The van der Waals surface area contributed by atoms with Gasteiger partial charge in [-0.25, -0.2) is 15.0 Å². The molecule has 0 bridgehead atoms. The van der Waals surface area contributed by atoms with E-state index in [1.54, 1.807) is 23.7 Å². The van der Waals surface area contributed by atoms with Crippen LogP contribution in [0.2, 0.25) is 0 Å². The third-order valence-electron chi connectivity index (χ3n) is 4.29. The number of nitrogens with one attached hydrogen (secondary N) is 2. The van der Waals surface area contributed by atoms with E-state index in [4.69, 9.17) is 9.97 Å². The minimum atomic E-state index is 0.0978. The molecule has 3 aromatic heterocycles. The average molecular weight is 352 g/mol. The minimum absolute atomic E-state index is 0.0978. The Morgan fingerprint density at radius 3 is 2.96 bits per heavy atom. The van der Waals surface area contributed by atoms with Crippen LogP contribution in [0.1, 0.15) is 34.9 Å². The zero-order chi connectivity index (χ0) is 17.2. The number of anilines is 1. The molecule has 0 saturated carbocycles. The van der Waals surface area contributed by atoms with Crippen molar-refractivity contribution in [1.29, 1.82) is 0 Å². The quantitative estimate of drug-likeness (QED) is 0.751. The second-order valence-electron chi connectivity index (χ2n) is 6.15. The number of aryl methyl sites for hydroxylation is 1. The van der Waals surface area contributed by atoms with Crippen molar-refractivity contribution in [1.82, 2.24) is 25.3 Å². The maximum atomic E-state index is 4.81. The summed E-state index contributed by atoms with van der Waals surface area (Å²) in [4.78, 5) is 18.4. The molecule has 0 unspecified atom stereocenters. The summed E-state index contributed by atoms with van der Waals surface area (Å²) in [7, 11) is 0. The summed E-state index contributed by atoms with van der Waals surface area (Å²) in [5, 5.41) is 10.1. The normalized spacial score (nSPS) is 14.8. The summed E-state index contributed by atoms with van der Waals surface area (Å²) in [6.07, 6.45) is 4.48. The van der Waals surface area contributed by atoms with Crippen LogP contribution in [0.3, 0.4) is 0 Å². The predicted octanol–water partition coefficient (Wildman–Crippen LogP) is 3.12. The number of pyridine rings is 1. The first-order chi connectivity index (χ1) is 12.2. The highest BCUT2D eigenvalue weighted by atomic mass is 32.1. The van der Waals surface area contributed by atoms with Gasteiger partial charge in [0.2, 0.25) is 0 Å². The van der Waals surface area contributed by atoms with Crippen molar-refractivity contribution >= 4 is 17.2 Å². The SMILES string of the molecule is Cc1nc([C@@H](C)Nc2nc(-c3cccnc3)nc3c2CCNC3)cs1. The molecule has 4 heterocycles. The second kappa shape index (κ2) is 6.85. The Morgan fingerprint density at radius 1 is 1.28 bits per heavy atom. The van der Waals surface area contributed by atoms with Gasteiger partial charge in [-0.05, 0) is 38.9 Å². The molecule has 6 nitrogen and oxygen atoms in total. The van der Waals surface area contributed by atoms with Crippen LogP contribution in [0.5, 0.6) is 0 Å². The maximum absolute atomic E-state index is 4.81. The third-order valence-corrected chi connectivity index (χ3v) is 5.08. The zero-order valence-electron chi connectivity index (χ0n) is 14.3. The van der Waals surface area contributed by atoms with E-state index in [1.165, 1.54) is 5.56 Å². The first-order valence-corrected chi connectivity index (χ1v) is 9.28. The van der Waals surface area contributed by atoms with Gasteiger partial charge in [-0.3, -0.25) is 4.98 Å². The summed E-state index contributed by atoms with van der Waals surface area (Å²) < 4.78 is 0. The van der Waals surface area contributed by atoms with Crippen LogP contribution in [0.25, 0.3) is 11.4 Å². The summed E-state index contributed by atoms with van der Waals surface area (Å²) in [5.74, 6) is 1.61. The van der Waals surface area contributed by atoms with Crippen LogP contribution in [0, 0.1) is 6.92 Å². The third kappa shape index (κ3) is 3.38. The van der Waals surface area contributed by atoms with Gasteiger partial charge in [0.25, 0.3) is 0 Å². The van der Waals surface area contributed by atoms with E-state index in [9.17, 15) is 0 Å². The smallest absolute Gasteiger partial charge is 0.163 e. The highest BCUT2D eigenvalue weighted by Gasteiger charge is 2.20. The van der Waals surface area contributed by atoms with Gasteiger partial charge in [0.1, 0.15) is 5.82 Å². The van der Waals surface area contributed by atoms with Gasteiger partial charge < -0.3 is 10.6 Å². The molecule has 7 heteroatoms. The van der Waals surface area contributed by atoms with Gasteiger partial charge in [-0.1, -0.05) is 0 Å². The summed E-state index contributed by atoms with van der Waals surface area (Å²) in [5.41, 5.74) is 4.23. The predicted molar refractivity (Wildman–Crippen MR) is 99.6 cm³/mol. The minimum Gasteiger partial charge on any atom is -0.362 e. The van der Waals surface area contributed by atoms with Crippen molar-refractivity contribution in [2.75, 3.05) is 11.9 Å². The standard InChI is InChI=1S/C18H20N6S/c1-11(16-10-25-12(2)22-16)21-18-14-5-7-20-9-15(14)23-17(24-18)13-4-3-6-19-8-13/h3-4,6,8,10-11,20H,5,7,9H2,1-2H3,(H,21,23,24)/t11-/m1/s1. The molecule has 1 atom stereocenters. The Kier molecular flexibility index (Phi) is 4.42. The number of aromatic nitrogens is 4. The van der Waals surface area contributed by atoms with Crippen molar-refractivity contribution in [2.45, 2.75) is 32.9 Å². The lowest BCUT2D eigenvalue weighted by Gasteiger charge is -2.22. The molecule has 25 heavy (non-hydrogen) atoms. The second-order valence-corrected chi connectivity index (χ2v) is 7.21. The Balaban J connectivity index is 1.72. The Morgan fingerprint density at radius 2 is 2.20 bits per heavy atom. The van der Waals surface area contributed by atoms with E-state index in [0.29, 0.717) is 5.82 Å². The molecule has 1 aliphatic rings. The molecule has 2 N–H and O–H groups in total. The lowest BCUT2D eigenvalue weighted by molar-refractivity contribution is 0.623. The summed E-state index contributed by atoms with van der Waals surface area (Å²) >= 11 is 1.67. The lowest BCUT2D eigenvalue weighted by Crippen LogP contribution is -2.27. The van der Waals surface area contributed by atoms with Crippen LogP contribution in [-0.2, 0) is 13.0 Å². The van der Waals surface area contributed by atoms with Gasteiger partial charge in [-0.15, -0.1) is 11.3 Å². The summed E-state index contributed by atoms with van der Waals surface area (Å²) in [6, 6.07) is 3.99. The molecule has 3 aromatic rings. The van der Waals surface area contributed by atoms with Gasteiger partial charge in [0.05, 0.1) is 22.4 Å². The van der Waals surface area contributed by atoms with Crippen molar-refractivity contribution in [3.63, 3.8) is 0 Å². The monoisotopic (exact) mass is 352 g/mol. The van der Waals surface area contributed by atoms with E-state index in [-0.39, 0.29) is 6.04 Å². The van der Waals surface area contributed by atoms with Crippen LogP contribution in [0.4, 0.5) is 5.82 Å². The average Bonchev–Trinajstić information content (AvgIpc) is 3.09. The molecule has 0 aliphatic carbocycles. The largest absolute Gasteiger partial charge is 0.362 e. The van der Waals surface area contributed by atoms with E-state index in [0.717, 1.165) is 47.3 Å². The van der Waals surface area contributed by atoms with Crippen LogP contribution in [-0.4, -0.2) is 26.5 Å². The highest BCUT2D eigenvalue weighted by molar-refractivity contribution is 7.09. The molecular formula is C18H20N6S. The fourth-order valence-corrected chi connectivity index (χ4v) is 3.67. The fraction of sp³-hybridized carbons (Fsp3) is 0.333. The number of rotatable bonds is 4. The first kappa shape index (κ1) is 16.1. The van der Waals surface area contributed by atoms with Gasteiger partial charge in [0, 0.05) is 35.4 Å². The number of thiazole rings is 1. The van der Waals surface area contributed by atoms with Gasteiger partial charge in [-0.2, -0.15) is 0 Å². The van der Waals surface area contributed by atoms with Crippen molar-refractivity contribution < 1.29 is 0 Å². The highest BCUT2D eigenvalue weighted by Crippen LogP contribution is 2.28. The topological polar surface area (TPSA) is 75.6 Å². The lowest BCUT2D eigenvalue weighted by atomic mass is 10.1. The number of fused-ring (bicyclic) bond motifs is 1. The van der Waals surface area contributed by atoms with Crippen LogP contribution >= 0.6 is 11.3 Å². The molecule has 4 rings (SSSR count). The van der Waals surface area contributed by atoms with Crippen molar-refractivity contribution in [3.05, 3.63) is 51.9 Å². The maximum Gasteiger partial charge on any atom is 0.163 e. The van der Waals surface area contributed by atoms with Crippen molar-refractivity contribution in [3.8, 4) is 11.4 Å². The molecule has 0 radical (unpaired) electrons. The molecule has 0 saturated heterocycles. The molecule has 0 spiro atoms. The van der Waals surface area contributed by atoms with E-state index >= 15 is 0 Å². The molecule has 1 aliphatic heterocycles. The zero-order valence-corrected chi connectivity index (χ0v) is 15.1. The molecule has 128 valence electrons. The number of hydrogen-bond acceptors (Lipinski definition) is 7. The molecule has 0 fully saturated rings. The Bertz CT molecular complexity index is 877. The van der Waals surface area contributed by atoms with Gasteiger partial charge in [0.15, 0.2) is 5.82 Å². The molecular weight excluding hydrogens is 332 g/mol. The Labute approximate surface area is 150 Å². The number of nitrogens with zero attached hydrogens (tertiary/aromatic N) is 4. The first-order valence-electron chi connectivity index (χ1n) is 8.40. The van der Waals surface area contributed by atoms with E-state index in [1.807, 2.05) is 19.1 Å². The fourth-order valence-electron chi connectivity index (χ4n) is 2.96. The van der Waals surface area contributed by atoms with Gasteiger partial charge >= 0.3 is 0 Å². The molecule has 0 amide bonds. The van der Waals surface area contributed by atoms with Crippen LogP contribution in [0.15, 0.2) is 29.9 Å². The molecule has 0 aromatic carbocycles.